The summed E-state index contributed by atoms with van der Waals surface area (Å²) in [7, 11) is 4.17. The first-order valence-electron chi connectivity index (χ1n) is 13.1. The van der Waals surface area contributed by atoms with Crippen molar-refractivity contribution >= 4 is 22.9 Å². The summed E-state index contributed by atoms with van der Waals surface area (Å²) in [6.07, 6.45) is 0.133. The highest BCUT2D eigenvalue weighted by molar-refractivity contribution is 5.84. The maximum atomic E-state index is 11.0. The number of aromatic nitrogens is 8. The normalized spacial score (nSPS) is 26.3. The quantitative estimate of drug-likeness (QED) is 0.365. The number of rotatable bonds is 9. The van der Waals surface area contributed by atoms with E-state index in [0.29, 0.717) is 35.5 Å². The molecule has 3 aromatic rings. The number of aryl methyl sites for hydroxylation is 1. The van der Waals surface area contributed by atoms with Crippen molar-refractivity contribution < 1.29 is 14.9 Å². The largest absolute Gasteiger partial charge is 0.387 e. The molecule has 3 aromatic heterocycles. The van der Waals surface area contributed by atoms with Gasteiger partial charge in [-0.15, -0.1) is 10.2 Å². The van der Waals surface area contributed by atoms with E-state index in [2.05, 4.69) is 63.5 Å². The molecular formula is C23H37N11O3. The molecule has 3 N–H and O–H groups in total. The third-order valence-electron chi connectivity index (χ3n) is 7.43. The van der Waals surface area contributed by atoms with Crippen LogP contribution in [0.4, 0.5) is 11.8 Å². The Morgan fingerprint density at radius 2 is 1.95 bits per heavy atom. The third-order valence-corrected chi connectivity index (χ3v) is 7.43. The summed E-state index contributed by atoms with van der Waals surface area (Å²) in [5, 5.41) is 37.5. The zero-order chi connectivity index (χ0) is 26.3. The highest BCUT2D eigenvalue weighted by Crippen LogP contribution is 2.39. The molecule has 0 aliphatic carbocycles. The smallest absolute Gasteiger partial charge is 0.229 e. The molecule has 0 radical (unpaired) electrons. The lowest BCUT2D eigenvalue weighted by atomic mass is 10.1. The van der Waals surface area contributed by atoms with Gasteiger partial charge in [0.25, 0.3) is 0 Å². The minimum Gasteiger partial charge on any atom is -0.387 e. The van der Waals surface area contributed by atoms with Gasteiger partial charge >= 0.3 is 0 Å². The van der Waals surface area contributed by atoms with Crippen LogP contribution in [0.2, 0.25) is 0 Å². The van der Waals surface area contributed by atoms with Gasteiger partial charge in [0, 0.05) is 25.2 Å². The van der Waals surface area contributed by atoms with Crippen molar-refractivity contribution in [3.8, 4) is 0 Å². The van der Waals surface area contributed by atoms with Crippen LogP contribution in [0.3, 0.4) is 0 Å². The van der Waals surface area contributed by atoms with Gasteiger partial charge in [0.2, 0.25) is 11.8 Å². The van der Waals surface area contributed by atoms with Gasteiger partial charge in [0.05, 0.1) is 12.9 Å². The average Bonchev–Trinajstić information content (AvgIpc) is 3.69. The maximum absolute atomic E-state index is 11.0. The van der Waals surface area contributed by atoms with Crippen LogP contribution >= 0.6 is 0 Å². The van der Waals surface area contributed by atoms with Gasteiger partial charge in [-0.3, -0.25) is 4.57 Å². The molecule has 2 saturated heterocycles. The fourth-order valence-electron chi connectivity index (χ4n) is 4.97. The SMILES string of the molecule is CCC(CC)Nc1nc(N2CC[C@@H](N(C)C)C2)nc2c1ncn2[C@@H]1O[C@H](c2nnn(CC)n2)[C@@H](O)[C@H]1O. The van der Waals surface area contributed by atoms with Gasteiger partial charge in [0.1, 0.15) is 12.2 Å². The van der Waals surface area contributed by atoms with E-state index in [1.165, 1.54) is 4.80 Å². The Morgan fingerprint density at radius 3 is 2.59 bits per heavy atom. The second-order valence-corrected chi connectivity index (χ2v) is 9.97. The molecule has 0 saturated carbocycles. The number of nitrogens with one attached hydrogen (secondary N) is 1. The summed E-state index contributed by atoms with van der Waals surface area (Å²) in [4.78, 5) is 20.2. The first-order valence-corrected chi connectivity index (χ1v) is 13.1. The number of likely N-dealkylation sites (N-methyl/N-ethyl adjacent to an activating group) is 1. The Morgan fingerprint density at radius 1 is 1.16 bits per heavy atom. The summed E-state index contributed by atoms with van der Waals surface area (Å²) < 4.78 is 7.77. The topological polar surface area (TPSA) is 155 Å². The van der Waals surface area contributed by atoms with Gasteiger partial charge in [-0.05, 0) is 45.5 Å². The van der Waals surface area contributed by atoms with Crippen molar-refractivity contribution in [2.24, 2.45) is 0 Å². The van der Waals surface area contributed by atoms with Crippen molar-refractivity contribution in [1.29, 1.82) is 0 Å². The van der Waals surface area contributed by atoms with Gasteiger partial charge < -0.3 is 30.1 Å². The third kappa shape index (κ3) is 4.74. The van der Waals surface area contributed by atoms with Crippen molar-refractivity contribution in [3.63, 3.8) is 0 Å². The molecule has 202 valence electrons. The van der Waals surface area contributed by atoms with Crippen LogP contribution in [-0.2, 0) is 11.3 Å². The van der Waals surface area contributed by atoms with Crippen molar-refractivity contribution in [1.82, 2.24) is 44.6 Å². The zero-order valence-corrected chi connectivity index (χ0v) is 22.1. The lowest BCUT2D eigenvalue weighted by Crippen LogP contribution is -2.32. The number of anilines is 2. The summed E-state index contributed by atoms with van der Waals surface area (Å²) >= 11 is 0. The number of ether oxygens (including phenoxy) is 1. The van der Waals surface area contributed by atoms with E-state index >= 15 is 0 Å². The zero-order valence-electron chi connectivity index (χ0n) is 22.1. The van der Waals surface area contributed by atoms with Gasteiger partial charge in [-0.2, -0.15) is 14.8 Å². The predicted octanol–water partition coefficient (Wildman–Crippen LogP) is 0.565. The number of tetrazole rings is 1. The van der Waals surface area contributed by atoms with Crippen LogP contribution in [0.25, 0.3) is 11.2 Å². The van der Waals surface area contributed by atoms with E-state index < -0.39 is 24.5 Å². The van der Waals surface area contributed by atoms with Crippen LogP contribution in [0.5, 0.6) is 0 Å². The maximum Gasteiger partial charge on any atom is 0.229 e. The Balaban J connectivity index is 1.52. The van der Waals surface area contributed by atoms with Crippen LogP contribution in [0.1, 0.15) is 58.2 Å². The summed E-state index contributed by atoms with van der Waals surface area (Å²) in [5.74, 6) is 1.47. The Bertz CT molecular complexity index is 1210. The fourth-order valence-corrected chi connectivity index (χ4v) is 4.97. The molecule has 0 unspecified atom stereocenters. The Labute approximate surface area is 215 Å². The number of hydrogen-bond donors (Lipinski definition) is 3. The molecular weight excluding hydrogens is 478 g/mol. The average molecular weight is 516 g/mol. The lowest BCUT2D eigenvalue weighted by molar-refractivity contribution is -0.0384. The second-order valence-electron chi connectivity index (χ2n) is 9.97. The van der Waals surface area contributed by atoms with Crippen LogP contribution in [-0.4, -0.2) is 106 Å². The molecule has 0 bridgehead atoms. The summed E-state index contributed by atoms with van der Waals surface area (Å²) in [5.41, 5.74) is 1.11. The first kappa shape index (κ1) is 25.7. The van der Waals surface area contributed by atoms with Crippen LogP contribution in [0, 0.1) is 0 Å². The molecule has 14 heteroatoms. The van der Waals surface area contributed by atoms with Crippen molar-refractivity contribution in [2.45, 2.75) is 83.2 Å². The fraction of sp³-hybridized carbons (Fsp3) is 0.739. The summed E-state index contributed by atoms with van der Waals surface area (Å²) in [6.45, 7) is 8.35. The Hall–Kier alpha value is -2.94. The standard InChI is InChI=1S/C23H37N11O3/c1-6-13(7-2)25-19-15-21(27-23(26-19)32-10-9-14(11-32)31(4)5)33(12-24-15)22-17(36)16(35)18(37-22)20-28-30-34(8-3)29-20/h12-14,16-18,22,35-36H,6-11H2,1-5H3,(H,25,26,27)/t14-,16+,17-,18+,22-/m1/s1. The van der Waals surface area contributed by atoms with E-state index in [0.717, 1.165) is 32.4 Å². The molecule has 37 heavy (non-hydrogen) atoms. The minimum absolute atomic E-state index is 0.221. The van der Waals surface area contributed by atoms with Crippen LogP contribution in [0.15, 0.2) is 6.33 Å². The van der Waals surface area contributed by atoms with Gasteiger partial charge in [-0.1, -0.05) is 13.8 Å². The van der Waals surface area contributed by atoms with Crippen molar-refractivity contribution in [3.05, 3.63) is 12.2 Å². The molecule has 0 amide bonds. The lowest BCUT2D eigenvalue weighted by Gasteiger charge is -2.22. The molecule has 0 aromatic carbocycles. The second kappa shape index (κ2) is 10.4. The predicted molar refractivity (Wildman–Crippen MR) is 136 cm³/mol. The molecule has 2 aliphatic heterocycles. The monoisotopic (exact) mass is 515 g/mol. The van der Waals surface area contributed by atoms with E-state index in [9.17, 15) is 10.2 Å². The molecule has 14 nitrogen and oxygen atoms in total. The van der Waals surface area contributed by atoms with E-state index in [1.54, 1.807) is 10.9 Å². The molecule has 2 aliphatic rings. The van der Waals surface area contributed by atoms with Crippen molar-refractivity contribution in [2.75, 3.05) is 37.4 Å². The molecule has 5 atom stereocenters. The minimum atomic E-state index is -1.24. The number of aliphatic hydroxyl groups is 2. The summed E-state index contributed by atoms with van der Waals surface area (Å²) in [6, 6.07) is 0.649. The number of nitrogens with zero attached hydrogens (tertiary/aromatic N) is 10. The number of aliphatic hydroxyl groups excluding tert-OH is 2. The molecule has 5 rings (SSSR count). The molecule has 0 spiro atoms. The highest BCUT2D eigenvalue weighted by atomic mass is 16.6. The number of fused-ring (bicyclic) bond motifs is 1. The highest BCUT2D eigenvalue weighted by Gasteiger charge is 2.47. The molecule has 2 fully saturated rings. The van der Waals surface area contributed by atoms with E-state index in [-0.39, 0.29) is 11.9 Å². The molecule has 5 heterocycles. The van der Waals surface area contributed by atoms with E-state index in [1.807, 2.05) is 6.92 Å². The first-order chi connectivity index (χ1) is 17.8. The van der Waals surface area contributed by atoms with E-state index in [4.69, 9.17) is 14.7 Å². The number of imidazole rings is 1. The van der Waals surface area contributed by atoms with Crippen LogP contribution < -0.4 is 10.2 Å². The van der Waals surface area contributed by atoms with Gasteiger partial charge in [-0.25, -0.2) is 4.98 Å². The van der Waals surface area contributed by atoms with Gasteiger partial charge in [0.15, 0.2) is 29.3 Å². The number of hydrogen-bond acceptors (Lipinski definition) is 12. The Kier molecular flexibility index (Phi) is 7.25.